The van der Waals surface area contributed by atoms with Gasteiger partial charge in [0.1, 0.15) is 0 Å². The van der Waals surface area contributed by atoms with Crippen molar-refractivity contribution in [1.82, 2.24) is 5.32 Å². The minimum atomic E-state index is -0.551. The predicted molar refractivity (Wildman–Crippen MR) is 39.5 cm³/mol. The van der Waals surface area contributed by atoms with E-state index >= 15 is 0 Å². The molecule has 0 bridgehead atoms. The number of hydrogen-bond donors (Lipinski definition) is 2. The zero-order valence-electron chi connectivity index (χ0n) is 6.72. The topological polar surface area (TPSA) is 49.3 Å². The van der Waals surface area contributed by atoms with Gasteiger partial charge >= 0.3 is 0 Å². The standard InChI is InChI=1S/C7H15NO2/c1-4-6(5(2)9)7(10)8-3/h5-6,9H,4H2,1-3H3,(H,8,10). The summed E-state index contributed by atoms with van der Waals surface area (Å²) in [6.45, 7) is 3.51. The zero-order valence-corrected chi connectivity index (χ0v) is 6.72. The number of aliphatic hydroxyl groups is 1. The second-order valence-electron chi connectivity index (χ2n) is 2.37. The third-order valence-corrected chi connectivity index (χ3v) is 1.61. The lowest BCUT2D eigenvalue weighted by atomic mass is 10.0. The van der Waals surface area contributed by atoms with E-state index in [0.29, 0.717) is 6.42 Å². The van der Waals surface area contributed by atoms with Gasteiger partial charge in [0.05, 0.1) is 12.0 Å². The first-order valence-corrected chi connectivity index (χ1v) is 3.53. The van der Waals surface area contributed by atoms with E-state index in [2.05, 4.69) is 5.32 Å². The fourth-order valence-electron chi connectivity index (χ4n) is 0.931. The summed E-state index contributed by atoms with van der Waals surface area (Å²) in [5.74, 6) is -0.345. The molecule has 0 aromatic carbocycles. The number of hydrogen-bond acceptors (Lipinski definition) is 2. The first-order chi connectivity index (χ1) is 4.63. The van der Waals surface area contributed by atoms with Crippen LogP contribution in [0, 0.1) is 5.92 Å². The summed E-state index contributed by atoms with van der Waals surface area (Å²) in [6, 6.07) is 0. The van der Waals surface area contributed by atoms with E-state index in [-0.39, 0.29) is 11.8 Å². The minimum absolute atomic E-state index is 0.0856. The van der Waals surface area contributed by atoms with Crippen LogP contribution >= 0.6 is 0 Å². The summed E-state index contributed by atoms with van der Waals surface area (Å²) in [7, 11) is 1.58. The summed E-state index contributed by atoms with van der Waals surface area (Å²) < 4.78 is 0. The van der Waals surface area contributed by atoms with Gasteiger partial charge in [-0.2, -0.15) is 0 Å². The Hall–Kier alpha value is -0.570. The van der Waals surface area contributed by atoms with Crippen LogP contribution in [0.3, 0.4) is 0 Å². The predicted octanol–water partition coefficient (Wildman–Crippen LogP) is 0.139. The van der Waals surface area contributed by atoms with Gasteiger partial charge in [0.15, 0.2) is 0 Å². The molecule has 0 saturated heterocycles. The van der Waals surface area contributed by atoms with Crippen LogP contribution in [0.5, 0.6) is 0 Å². The second-order valence-corrected chi connectivity index (χ2v) is 2.37. The Bertz CT molecular complexity index is 112. The molecule has 0 aromatic heterocycles. The molecular formula is C7H15NO2. The first-order valence-electron chi connectivity index (χ1n) is 3.53. The lowest BCUT2D eigenvalue weighted by molar-refractivity contribution is -0.127. The SMILES string of the molecule is CCC(C(=O)NC)C(C)O. The number of nitrogens with one attached hydrogen (secondary N) is 1. The van der Waals surface area contributed by atoms with Crippen molar-refractivity contribution >= 4 is 5.91 Å². The molecule has 0 fully saturated rings. The smallest absolute Gasteiger partial charge is 0.225 e. The fraction of sp³-hybridized carbons (Fsp3) is 0.857. The van der Waals surface area contributed by atoms with Crippen molar-refractivity contribution in [1.29, 1.82) is 0 Å². The van der Waals surface area contributed by atoms with Crippen molar-refractivity contribution < 1.29 is 9.90 Å². The second kappa shape index (κ2) is 4.28. The largest absolute Gasteiger partial charge is 0.393 e. The molecule has 60 valence electrons. The molecule has 0 aliphatic rings. The minimum Gasteiger partial charge on any atom is -0.393 e. The van der Waals surface area contributed by atoms with E-state index in [1.165, 1.54) is 0 Å². The van der Waals surface area contributed by atoms with Gasteiger partial charge in [-0.3, -0.25) is 4.79 Å². The van der Waals surface area contributed by atoms with E-state index in [1.807, 2.05) is 6.92 Å². The molecule has 0 aliphatic carbocycles. The average molecular weight is 145 g/mol. The van der Waals surface area contributed by atoms with Gasteiger partial charge < -0.3 is 10.4 Å². The van der Waals surface area contributed by atoms with Crippen LogP contribution in [0.4, 0.5) is 0 Å². The Morgan fingerprint density at radius 1 is 1.70 bits per heavy atom. The highest BCUT2D eigenvalue weighted by atomic mass is 16.3. The van der Waals surface area contributed by atoms with Crippen molar-refractivity contribution in [3.63, 3.8) is 0 Å². The van der Waals surface area contributed by atoms with Crippen LogP contribution in [0.15, 0.2) is 0 Å². The number of carbonyl (C=O) groups is 1. The summed E-state index contributed by atoms with van der Waals surface area (Å²) in [5.41, 5.74) is 0. The Morgan fingerprint density at radius 2 is 2.20 bits per heavy atom. The molecule has 0 saturated carbocycles. The van der Waals surface area contributed by atoms with E-state index in [4.69, 9.17) is 5.11 Å². The number of rotatable bonds is 3. The summed E-state index contributed by atoms with van der Waals surface area (Å²) in [5, 5.41) is 11.6. The average Bonchev–Trinajstić information content (AvgIpc) is 1.88. The Labute approximate surface area is 61.4 Å². The molecule has 0 spiro atoms. The molecule has 0 radical (unpaired) electrons. The van der Waals surface area contributed by atoms with Crippen molar-refractivity contribution in [2.45, 2.75) is 26.4 Å². The van der Waals surface area contributed by atoms with Gasteiger partial charge in [-0.05, 0) is 13.3 Å². The highest BCUT2D eigenvalue weighted by Crippen LogP contribution is 2.07. The van der Waals surface area contributed by atoms with Crippen LogP contribution in [0.2, 0.25) is 0 Å². The van der Waals surface area contributed by atoms with E-state index in [0.717, 1.165) is 0 Å². The molecule has 0 aromatic rings. The Kier molecular flexibility index (Phi) is 4.03. The molecular weight excluding hydrogens is 130 g/mol. The molecule has 3 heteroatoms. The number of carbonyl (C=O) groups excluding carboxylic acids is 1. The maximum atomic E-state index is 10.9. The van der Waals surface area contributed by atoms with Gasteiger partial charge in [0.2, 0.25) is 5.91 Å². The van der Waals surface area contributed by atoms with Gasteiger partial charge in [-0.25, -0.2) is 0 Å². The van der Waals surface area contributed by atoms with E-state index in [9.17, 15) is 4.79 Å². The quantitative estimate of drug-likeness (QED) is 0.593. The molecule has 3 nitrogen and oxygen atoms in total. The van der Waals surface area contributed by atoms with Gasteiger partial charge in [-0.1, -0.05) is 6.92 Å². The van der Waals surface area contributed by atoms with Crippen molar-refractivity contribution in [3.05, 3.63) is 0 Å². The molecule has 0 aliphatic heterocycles. The third kappa shape index (κ3) is 2.35. The van der Waals surface area contributed by atoms with Crippen molar-refractivity contribution in [2.24, 2.45) is 5.92 Å². The Balaban J connectivity index is 3.93. The lowest BCUT2D eigenvalue weighted by Gasteiger charge is -2.15. The first kappa shape index (κ1) is 9.43. The van der Waals surface area contributed by atoms with Crippen LogP contribution in [0.25, 0.3) is 0 Å². The van der Waals surface area contributed by atoms with Crippen LogP contribution in [-0.2, 0) is 4.79 Å². The van der Waals surface area contributed by atoms with Gasteiger partial charge in [0, 0.05) is 7.05 Å². The number of amides is 1. The van der Waals surface area contributed by atoms with Crippen molar-refractivity contribution in [3.8, 4) is 0 Å². The highest BCUT2D eigenvalue weighted by Gasteiger charge is 2.19. The molecule has 0 heterocycles. The normalized spacial score (nSPS) is 16.0. The highest BCUT2D eigenvalue weighted by molar-refractivity contribution is 5.78. The molecule has 2 atom stereocenters. The van der Waals surface area contributed by atoms with Gasteiger partial charge in [0.25, 0.3) is 0 Å². The fourth-order valence-corrected chi connectivity index (χ4v) is 0.931. The third-order valence-electron chi connectivity index (χ3n) is 1.61. The molecule has 1 amide bonds. The summed E-state index contributed by atoms with van der Waals surface area (Å²) in [6.07, 6.45) is 0.127. The molecule has 10 heavy (non-hydrogen) atoms. The van der Waals surface area contributed by atoms with Crippen molar-refractivity contribution in [2.75, 3.05) is 7.05 Å². The summed E-state index contributed by atoms with van der Waals surface area (Å²) >= 11 is 0. The monoisotopic (exact) mass is 145 g/mol. The van der Waals surface area contributed by atoms with Crippen LogP contribution in [-0.4, -0.2) is 24.2 Å². The molecule has 2 N–H and O–H groups in total. The zero-order chi connectivity index (χ0) is 8.15. The Morgan fingerprint density at radius 3 is 2.30 bits per heavy atom. The maximum Gasteiger partial charge on any atom is 0.225 e. The molecule has 0 rings (SSSR count). The van der Waals surface area contributed by atoms with E-state index < -0.39 is 6.10 Å². The van der Waals surface area contributed by atoms with Crippen LogP contribution in [0.1, 0.15) is 20.3 Å². The summed E-state index contributed by atoms with van der Waals surface area (Å²) in [4.78, 5) is 10.9. The number of aliphatic hydroxyl groups excluding tert-OH is 1. The van der Waals surface area contributed by atoms with Crippen LogP contribution < -0.4 is 5.32 Å². The molecule has 2 unspecified atom stereocenters. The van der Waals surface area contributed by atoms with Gasteiger partial charge in [-0.15, -0.1) is 0 Å². The lowest BCUT2D eigenvalue weighted by Crippen LogP contribution is -2.33. The van der Waals surface area contributed by atoms with E-state index in [1.54, 1.807) is 14.0 Å². The maximum absolute atomic E-state index is 10.9.